The summed E-state index contributed by atoms with van der Waals surface area (Å²) in [5.74, 6) is -4.34. The van der Waals surface area contributed by atoms with E-state index in [-0.39, 0.29) is 106 Å². The molecular formula is C52H56Cl2N3O15P. The highest BCUT2D eigenvalue weighted by molar-refractivity contribution is 7.52. The Morgan fingerprint density at radius 1 is 0.795 bits per heavy atom. The van der Waals surface area contributed by atoms with Crippen LogP contribution in [-0.4, -0.2) is 114 Å². The first-order chi connectivity index (χ1) is 34.8. The van der Waals surface area contributed by atoms with E-state index in [1.54, 1.807) is 56.3 Å². The predicted octanol–water partition coefficient (Wildman–Crippen LogP) is 8.11. The van der Waals surface area contributed by atoms with E-state index in [1.165, 1.54) is 19.1 Å². The van der Waals surface area contributed by atoms with Gasteiger partial charge in [0.1, 0.15) is 62.5 Å². The second-order valence-corrected chi connectivity index (χ2v) is 20.7. The van der Waals surface area contributed by atoms with Crippen LogP contribution >= 0.6 is 30.9 Å². The number of aliphatic hydroxyl groups is 2. The fourth-order valence-corrected chi connectivity index (χ4v) is 11.6. The van der Waals surface area contributed by atoms with Gasteiger partial charge < -0.3 is 53.1 Å². The number of ether oxygens (including phenoxy) is 2. The number of halogens is 2. The summed E-state index contributed by atoms with van der Waals surface area (Å²) in [6, 6.07) is 15.1. The molecule has 2 unspecified atom stereocenters. The lowest BCUT2D eigenvalue weighted by Gasteiger charge is -2.35. The van der Waals surface area contributed by atoms with E-state index in [9.17, 15) is 44.2 Å². The molecule has 0 spiro atoms. The molecule has 0 radical (unpaired) electrons. The van der Waals surface area contributed by atoms with Crippen molar-refractivity contribution in [2.24, 2.45) is 0 Å². The molecule has 8 rings (SSSR count). The molecule has 388 valence electrons. The van der Waals surface area contributed by atoms with E-state index >= 15 is 0 Å². The maximum absolute atomic E-state index is 14.3. The molecule has 6 aromatic rings. The van der Waals surface area contributed by atoms with Crippen molar-refractivity contribution in [3.63, 3.8) is 0 Å². The maximum atomic E-state index is 14.3. The van der Waals surface area contributed by atoms with E-state index in [1.807, 2.05) is 23.9 Å². The number of β-amino-alcohol motifs (C(OH)–C–C–N with tert-alkyl or cyclic N) is 2. The van der Waals surface area contributed by atoms with Gasteiger partial charge in [0.2, 0.25) is 0 Å². The summed E-state index contributed by atoms with van der Waals surface area (Å²) in [5, 5.41) is 48.2. The molecule has 21 heteroatoms. The molecule has 2 aromatic heterocycles. The summed E-state index contributed by atoms with van der Waals surface area (Å²) >= 11 is 13.6. The van der Waals surface area contributed by atoms with Gasteiger partial charge in [0.15, 0.2) is 10.9 Å². The summed E-state index contributed by atoms with van der Waals surface area (Å²) in [4.78, 5) is 58.1. The molecule has 2 fully saturated rings. The minimum absolute atomic E-state index is 0.00342. The Balaban J connectivity index is 1.15. The van der Waals surface area contributed by atoms with Gasteiger partial charge >= 0.3 is 19.7 Å². The number of piperidine rings is 2. The molecule has 2 aliphatic heterocycles. The Morgan fingerprint density at radius 2 is 1.34 bits per heavy atom. The number of nitrogens with one attached hydrogen (secondary N) is 1. The molecular weight excluding hydrogens is 1010 g/mol. The number of aliphatic hydroxyl groups excluding tert-OH is 2. The molecule has 18 nitrogen and oxygen atoms in total. The monoisotopic (exact) mass is 1060 g/mol. The number of rotatable bonds is 16. The number of aromatic hydroxyl groups is 2. The maximum Gasteiger partial charge on any atom is 0.459 e. The lowest BCUT2D eigenvalue weighted by Crippen LogP contribution is -2.40. The minimum Gasteiger partial charge on any atom is -0.507 e. The van der Waals surface area contributed by atoms with Gasteiger partial charge in [0.25, 0.3) is 0 Å². The highest BCUT2D eigenvalue weighted by Crippen LogP contribution is 2.52. The van der Waals surface area contributed by atoms with Gasteiger partial charge in [-0.2, -0.15) is 5.09 Å². The average molecular weight is 1060 g/mol. The van der Waals surface area contributed by atoms with Crippen molar-refractivity contribution in [3.05, 3.63) is 114 Å². The molecule has 0 amide bonds. The number of hydrogen-bond acceptors (Lipinski definition) is 17. The van der Waals surface area contributed by atoms with Gasteiger partial charge in [-0.3, -0.25) is 23.7 Å². The van der Waals surface area contributed by atoms with Crippen LogP contribution in [0.25, 0.3) is 44.6 Å². The topological polar surface area (TPSA) is 248 Å². The predicted molar refractivity (Wildman–Crippen MR) is 274 cm³/mol. The van der Waals surface area contributed by atoms with Gasteiger partial charge in [-0.1, -0.05) is 47.5 Å². The first-order valence-corrected chi connectivity index (χ1v) is 26.1. The highest BCUT2D eigenvalue weighted by Gasteiger charge is 2.39. The molecule has 5 N–H and O–H groups in total. The third-order valence-corrected chi connectivity index (χ3v) is 15.6. The van der Waals surface area contributed by atoms with Crippen LogP contribution in [0.5, 0.6) is 23.0 Å². The molecule has 0 saturated carbocycles. The van der Waals surface area contributed by atoms with Crippen molar-refractivity contribution >= 4 is 64.8 Å². The number of benzene rings is 4. The zero-order valence-electron chi connectivity index (χ0n) is 40.7. The molecule has 2 aliphatic rings. The number of hydrogen-bond donors (Lipinski definition) is 5. The Kier molecular flexibility index (Phi) is 16.4. The SMILES string of the molecule is CCOC(=O)C(C)NP(=O)(OCC)Oc1cc(O)c2c(=O)cc(-c3cccc(CCC(=O)Oc4cc(O)c5c(=O)cc(-c6ccccc6Cl)oc5c4[C@H]4CCN(C)C[C@H]4O)c3Cl)oc2c1[C@H]1CCN(C)C[C@H]1O. The van der Waals surface area contributed by atoms with Crippen LogP contribution in [0.4, 0.5) is 0 Å². The first-order valence-electron chi connectivity index (χ1n) is 23.8. The van der Waals surface area contributed by atoms with Gasteiger partial charge in [-0.15, -0.1) is 0 Å². The van der Waals surface area contributed by atoms with Gasteiger partial charge in [0, 0.05) is 71.4 Å². The number of nitrogens with zero attached hydrogens (tertiary/aromatic N) is 2. The van der Waals surface area contributed by atoms with Crippen LogP contribution in [0.15, 0.2) is 85.2 Å². The standard InChI is InChI=1S/C52H56Cl2N3O15P/c1-6-67-52(65)27(3)55-73(66,68-7-2)72-43-24-37(61)48-35(59)22-41(71-51(48)46(43)31-18-20-57(5)26-39(31)63)32-13-10-11-28(49(32)54)15-16-44(64)69-42-23-36(60)47-34(58)21-40(29-12-8-9-14-33(29)53)70-50(47)45(42)30-17-19-56(4)25-38(30)62/h8-14,21-24,27,30-31,38-39,60-63H,6-7,15-20,25-26H2,1-5H3,(H,55,66)/t27?,30-,31-,38+,39+,73?/m0/s1. The van der Waals surface area contributed by atoms with Crippen LogP contribution in [0.2, 0.25) is 10.0 Å². The molecule has 73 heavy (non-hydrogen) atoms. The highest BCUT2D eigenvalue weighted by atomic mass is 35.5. The lowest BCUT2D eigenvalue weighted by molar-refractivity contribution is -0.144. The Labute approximate surface area is 429 Å². The first kappa shape index (κ1) is 53.5. The van der Waals surface area contributed by atoms with E-state index in [4.69, 9.17) is 50.6 Å². The van der Waals surface area contributed by atoms with Gasteiger partial charge in [0.05, 0.1) is 41.9 Å². The van der Waals surface area contributed by atoms with E-state index in [0.29, 0.717) is 42.1 Å². The van der Waals surface area contributed by atoms with Crippen molar-refractivity contribution in [2.45, 2.75) is 76.5 Å². The Bertz CT molecular complexity index is 3260. The van der Waals surface area contributed by atoms with Crippen molar-refractivity contribution in [2.75, 3.05) is 53.5 Å². The molecule has 0 aliphatic carbocycles. The van der Waals surface area contributed by atoms with E-state index < -0.39 is 72.1 Å². The number of phenols is 2. The van der Waals surface area contributed by atoms with E-state index in [0.717, 1.165) is 12.1 Å². The number of carbonyl (C=O) groups excluding carboxylic acids is 2. The summed E-state index contributed by atoms with van der Waals surface area (Å²) in [6.45, 7) is 6.05. The molecule has 4 heterocycles. The number of likely N-dealkylation sites (tertiary alicyclic amines) is 2. The van der Waals surface area contributed by atoms with Crippen LogP contribution in [-0.2, 0) is 29.8 Å². The fraction of sp³-hybridized carbons (Fsp3) is 0.385. The number of carbonyl (C=O) groups is 2. The quantitative estimate of drug-likeness (QED) is 0.0349. The zero-order valence-corrected chi connectivity index (χ0v) is 43.1. The number of aryl methyl sites for hydroxylation is 1. The van der Waals surface area contributed by atoms with Crippen molar-refractivity contribution in [3.8, 4) is 45.6 Å². The summed E-state index contributed by atoms with van der Waals surface area (Å²) in [7, 11) is -0.759. The third kappa shape index (κ3) is 11.3. The van der Waals surface area contributed by atoms with Crippen LogP contribution < -0.4 is 25.2 Å². The van der Waals surface area contributed by atoms with Crippen LogP contribution in [0.1, 0.15) is 68.6 Å². The molecule has 2 saturated heterocycles. The lowest BCUT2D eigenvalue weighted by atomic mass is 9.85. The number of likely N-dealkylation sites (N-methyl/N-ethyl adjacent to an activating group) is 2. The van der Waals surface area contributed by atoms with E-state index in [2.05, 4.69) is 5.09 Å². The molecule has 4 aromatic carbocycles. The average Bonchev–Trinajstić information content (AvgIpc) is 3.32. The van der Waals surface area contributed by atoms with Gasteiger partial charge in [-0.25, -0.2) is 4.57 Å². The minimum atomic E-state index is -4.44. The Morgan fingerprint density at radius 3 is 1.90 bits per heavy atom. The normalized spacial score (nSPS) is 19.9. The molecule has 0 bridgehead atoms. The second-order valence-electron chi connectivity index (χ2n) is 18.3. The molecule has 6 atom stereocenters. The number of fused-ring (bicyclic) bond motifs is 2. The second kappa shape index (κ2) is 22.4. The zero-order chi connectivity index (χ0) is 52.5. The largest absolute Gasteiger partial charge is 0.507 e. The van der Waals surface area contributed by atoms with Gasteiger partial charge in [-0.05, 0) is 91.0 Å². The van der Waals surface area contributed by atoms with Crippen molar-refractivity contribution in [1.29, 1.82) is 0 Å². The van der Waals surface area contributed by atoms with Crippen molar-refractivity contribution < 1.29 is 61.9 Å². The Hall–Kier alpha value is -5.79. The fourth-order valence-electron chi connectivity index (χ4n) is 9.59. The number of phenolic OH excluding ortho intramolecular Hbond substituents is 2. The van der Waals surface area contributed by atoms with Crippen LogP contribution in [0, 0.1) is 0 Å². The summed E-state index contributed by atoms with van der Waals surface area (Å²) < 4.78 is 49.9. The summed E-state index contributed by atoms with van der Waals surface area (Å²) in [6.07, 6.45) is -1.58. The van der Waals surface area contributed by atoms with Crippen molar-refractivity contribution in [1.82, 2.24) is 14.9 Å². The third-order valence-electron chi connectivity index (χ3n) is 13.1. The number of esters is 2. The van der Waals surface area contributed by atoms with Crippen LogP contribution in [0.3, 0.4) is 0 Å². The summed E-state index contributed by atoms with van der Waals surface area (Å²) in [5.41, 5.74) is -0.0896. The smallest absolute Gasteiger partial charge is 0.459 e.